The van der Waals surface area contributed by atoms with Gasteiger partial charge in [0.05, 0.1) is 18.6 Å². The number of aryl methyl sites for hydroxylation is 1. The van der Waals surface area contributed by atoms with Crippen LogP contribution in [0.4, 0.5) is 0 Å². The van der Waals surface area contributed by atoms with Gasteiger partial charge < -0.3 is 15.0 Å². The first kappa shape index (κ1) is 31.0. The van der Waals surface area contributed by atoms with Gasteiger partial charge in [0.2, 0.25) is 5.91 Å². The Kier molecular flexibility index (Phi) is 9.35. The molecule has 2 heterocycles. The average Bonchev–Trinajstić information content (AvgIpc) is 3.72. The summed E-state index contributed by atoms with van der Waals surface area (Å²) in [5.74, 6) is 1.24. The topological polar surface area (TPSA) is 111 Å². The van der Waals surface area contributed by atoms with E-state index in [9.17, 15) is 19.5 Å². The van der Waals surface area contributed by atoms with Crippen molar-refractivity contribution < 1.29 is 9.90 Å². The minimum absolute atomic E-state index is 0.0580. The summed E-state index contributed by atoms with van der Waals surface area (Å²) in [5.41, 5.74) is 3.02. The second-order valence-electron chi connectivity index (χ2n) is 13.1. The summed E-state index contributed by atoms with van der Waals surface area (Å²) in [6, 6.07) is 17.3. The van der Waals surface area contributed by atoms with Gasteiger partial charge in [-0.3, -0.25) is 18.7 Å². The number of carbonyl (C=O) groups is 1. The van der Waals surface area contributed by atoms with E-state index >= 15 is 0 Å². The molecule has 0 saturated heterocycles. The average molecular weight is 612 g/mol. The largest absolute Gasteiger partial charge is 0.394 e. The zero-order valence-corrected chi connectivity index (χ0v) is 26.5. The number of nitrogens with zero attached hydrogens (tertiary/aromatic N) is 4. The lowest BCUT2D eigenvalue weighted by Crippen LogP contribution is -2.37. The summed E-state index contributed by atoms with van der Waals surface area (Å²) in [4.78, 5) is 44.9. The van der Waals surface area contributed by atoms with Crippen LogP contribution in [0.2, 0.25) is 0 Å². The number of aliphatic hydroxyl groups is 1. The van der Waals surface area contributed by atoms with Gasteiger partial charge in [-0.2, -0.15) is 0 Å². The molecule has 4 aromatic rings. The molecule has 1 amide bonds. The fourth-order valence-electron chi connectivity index (χ4n) is 7.59. The molecule has 0 aliphatic heterocycles. The molecule has 2 N–H and O–H groups in total. The molecule has 45 heavy (non-hydrogen) atoms. The van der Waals surface area contributed by atoms with Gasteiger partial charge in [0.15, 0.2) is 11.2 Å². The van der Waals surface area contributed by atoms with Crippen molar-refractivity contribution in [2.45, 2.75) is 82.7 Å². The van der Waals surface area contributed by atoms with Crippen LogP contribution < -0.4 is 16.6 Å². The Bertz CT molecular complexity index is 1740. The third kappa shape index (κ3) is 6.41. The standard InChI is InChI=1S/C36H45N5O4/c1-39-33-32(35(44)40(2)36(39)45)41(30(38-33)21-24-11-5-3-6-12-24)22-25-17-19-28(20-18-25)31(27-15-9-10-16-27)34(43)37-29(23-42)26-13-7-4-8-14-26/h4,7-8,13-14,17-20,24,27,29,31,42H,3,5-6,9-12,15-16,21-23H2,1-2H3,(H,37,43)/t29-,31?/m0/s1. The molecule has 2 saturated carbocycles. The van der Waals surface area contributed by atoms with Crippen molar-refractivity contribution in [3.05, 3.63) is 98.0 Å². The first-order chi connectivity index (χ1) is 21.9. The summed E-state index contributed by atoms with van der Waals surface area (Å²) in [6.07, 6.45) is 11.0. The van der Waals surface area contributed by atoms with E-state index in [-0.39, 0.29) is 35.6 Å². The van der Waals surface area contributed by atoms with Gasteiger partial charge in [-0.05, 0) is 41.4 Å². The highest BCUT2D eigenvalue weighted by Gasteiger charge is 2.33. The molecular formula is C36H45N5O4. The van der Waals surface area contributed by atoms with Gasteiger partial charge >= 0.3 is 5.69 Å². The van der Waals surface area contributed by atoms with Crippen molar-refractivity contribution in [1.82, 2.24) is 24.0 Å². The molecule has 6 rings (SSSR count). The quantitative estimate of drug-likeness (QED) is 0.270. The lowest BCUT2D eigenvalue weighted by molar-refractivity contribution is -0.124. The first-order valence-corrected chi connectivity index (χ1v) is 16.6. The van der Waals surface area contributed by atoms with E-state index in [0.29, 0.717) is 23.6 Å². The van der Waals surface area contributed by atoms with Gasteiger partial charge in [0.1, 0.15) is 5.82 Å². The Hall–Kier alpha value is -3.98. The molecule has 9 nitrogen and oxygen atoms in total. The third-order valence-corrected chi connectivity index (χ3v) is 10.2. The molecule has 2 aliphatic carbocycles. The van der Waals surface area contributed by atoms with Crippen molar-refractivity contribution >= 4 is 17.1 Å². The molecule has 1 unspecified atom stereocenters. The van der Waals surface area contributed by atoms with Crippen LogP contribution in [0.5, 0.6) is 0 Å². The monoisotopic (exact) mass is 611 g/mol. The number of benzene rings is 2. The molecule has 2 atom stereocenters. The fraction of sp³-hybridized carbons (Fsp3) is 0.500. The summed E-state index contributed by atoms with van der Waals surface area (Å²) in [5, 5.41) is 13.2. The number of aliphatic hydroxyl groups excluding tert-OH is 1. The maximum atomic E-state index is 13.8. The highest BCUT2D eigenvalue weighted by molar-refractivity contribution is 5.84. The summed E-state index contributed by atoms with van der Waals surface area (Å²) in [6.45, 7) is 0.284. The highest BCUT2D eigenvalue weighted by atomic mass is 16.3. The van der Waals surface area contributed by atoms with Crippen LogP contribution in [0, 0.1) is 11.8 Å². The van der Waals surface area contributed by atoms with Gasteiger partial charge in [-0.25, -0.2) is 9.78 Å². The van der Waals surface area contributed by atoms with E-state index in [4.69, 9.17) is 4.98 Å². The minimum Gasteiger partial charge on any atom is -0.394 e. The molecule has 0 spiro atoms. The maximum Gasteiger partial charge on any atom is 0.332 e. The predicted molar refractivity (Wildman–Crippen MR) is 175 cm³/mol. The van der Waals surface area contributed by atoms with Crippen molar-refractivity contribution in [3.8, 4) is 0 Å². The van der Waals surface area contributed by atoms with Crippen LogP contribution >= 0.6 is 0 Å². The van der Waals surface area contributed by atoms with Gasteiger partial charge in [-0.1, -0.05) is 99.5 Å². The molecule has 2 aromatic heterocycles. The van der Waals surface area contributed by atoms with Crippen molar-refractivity contribution in [2.75, 3.05) is 6.61 Å². The molecule has 2 aliphatic rings. The summed E-state index contributed by atoms with van der Waals surface area (Å²) >= 11 is 0. The second kappa shape index (κ2) is 13.6. The number of carbonyl (C=O) groups excluding carboxylic acids is 1. The zero-order valence-electron chi connectivity index (χ0n) is 26.5. The van der Waals surface area contributed by atoms with E-state index in [1.54, 1.807) is 7.05 Å². The summed E-state index contributed by atoms with van der Waals surface area (Å²) in [7, 11) is 3.19. The van der Waals surface area contributed by atoms with Crippen molar-refractivity contribution in [2.24, 2.45) is 25.9 Å². The third-order valence-electron chi connectivity index (χ3n) is 10.2. The number of fused-ring (bicyclic) bond motifs is 1. The highest BCUT2D eigenvalue weighted by Crippen LogP contribution is 2.38. The van der Waals surface area contributed by atoms with E-state index in [1.165, 1.54) is 30.9 Å². The Morgan fingerprint density at radius 2 is 1.56 bits per heavy atom. The van der Waals surface area contributed by atoms with Crippen LogP contribution in [0.15, 0.2) is 64.2 Å². The normalized spacial score (nSPS) is 17.5. The van der Waals surface area contributed by atoms with E-state index in [2.05, 4.69) is 5.32 Å². The van der Waals surface area contributed by atoms with Crippen molar-refractivity contribution in [1.29, 1.82) is 0 Å². The molecule has 2 fully saturated rings. The number of hydrogen-bond acceptors (Lipinski definition) is 5. The number of nitrogens with one attached hydrogen (secondary N) is 1. The molecule has 2 aromatic carbocycles. The van der Waals surface area contributed by atoms with E-state index in [1.807, 2.05) is 59.2 Å². The maximum absolute atomic E-state index is 13.8. The van der Waals surface area contributed by atoms with E-state index in [0.717, 1.165) is 72.0 Å². The Morgan fingerprint density at radius 3 is 2.22 bits per heavy atom. The summed E-state index contributed by atoms with van der Waals surface area (Å²) < 4.78 is 4.64. The molecule has 0 bridgehead atoms. The lowest BCUT2D eigenvalue weighted by atomic mass is 9.83. The van der Waals surface area contributed by atoms with Gasteiger partial charge in [0, 0.05) is 27.1 Å². The van der Waals surface area contributed by atoms with Crippen LogP contribution in [-0.2, 0) is 31.9 Å². The molecule has 9 heteroatoms. The van der Waals surface area contributed by atoms with Crippen LogP contribution in [0.25, 0.3) is 11.2 Å². The predicted octanol–water partition coefficient (Wildman–Crippen LogP) is 4.73. The van der Waals surface area contributed by atoms with Crippen LogP contribution in [0.1, 0.15) is 92.3 Å². The number of aromatic nitrogens is 4. The number of imidazole rings is 1. The number of hydrogen-bond donors (Lipinski definition) is 2. The van der Waals surface area contributed by atoms with Crippen molar-refractivity contribution in [3.63, 3.8) is 0 Å². The Morgan fingerprint density at radius 1 is 0.889 bits per heavy atom. The second-order valence-corrected chi connectivity index (χ2v) is 13.1. The SMILES string of the molecule is Cn1c(=O)c2c(nc(CC3CCCCC3)n2Cc2ccc(C(C(=O)N[C@@H](CO)c3ccccc3)C3CCCC3)cc2)n(C)c1=O. The molecule has 238 valence electrons. The Labute approximate surface area is 263 Å². The minimum atomic E-state index is -0.461. The van der Waals surface area contributed by atoms with Gasteiger partial charge in [0.25, 0.3) is 5.56 Å². The number of amides is 1. The molecule has 0 radical (unpaired) electrons. The smallest absolute Gasteiger partial charge is 0.332 e. The lowest BCUT2D eigenvalue weighted by Gasteiger charge is -2.26. The number of rotatable bonds is 10. The van der Waals surface area contributed by atoms with Crippen LogP contribution in [0.3, 0.4) is 0 Å². The van der Waals surface area contributed by atoms with Gasteiger partial charge in [-0.15, -0.1) is 0 Å². The van der Waals surface area contributed by atoms with E-state index < -0.39 is 6.04 Å². The van der Waals surface area contributed by atoms with Crippen LogP contribution in [-0.4, -0.2) is 36.3 Å². The fourth-order valence-corrected chi connectivity index (χ4v) is 7.59. The zero-order chi connectivity index (χ0) is 31.5. The first-order valence-electron chi connectivity index (χ1n) is 16.6. The Balaban J connectivity index is 1.31. The molecular weight excluding hydrogens is 566 g/mol.